The molecule has 0 saturated heterocycles. The number of alkyl halides is 1. The highest BCUT2D eigenvalue weighted by Gasteiger charge is 2.12. The van der Waals surface area contributed by atoms with Gasteiger partial charge >= 0.3 is 0 Å². The lowest BCUT2D eigenvalue weighted by atomic mass is 10.3. The number of nitriles is 1. The number of rotatable bonds is 3. The van der Waals surface area contributed by atoms with Gasteiger partial charge in [0, 0.05) is 6.07 Å². The molecule has 2 aromatic rings. The largest absolute Gasteiger partial charge is 0.310 e. The first-order valence-electron chi connectivity index (χ1n) is 5.26. The van der Waals surface area contributed by atoms with Gasteiger partial charge < -0.3 is 5.32 Å². The molecule has 0 aliphatic heterocycles. The molecule has 0 aliphatic carbocycles. The smallest absolute Gasteiger partial charge is 0.240 e. The molecule has 5 nitrogen and oxygen atoms in total. The zero-order chi connectivity index (χ0) is 13.8. The number of nitrogens with zero attached hydrogens (tertiary/aromatic N) is 3. The van der Waals surface area contributed by atoms with Gasteiger partial charge in [-0.2, -0.15) is 10.4 Å². The number of benzene rings is 1. The number of anilines is 1. The minimum atomic E-state index is -0.443. The second-order valence-electron chi connectivity index (χ2n) is 3.60. The highest BCUT2D eigenvalue weighted by molar-refractivity contribution is 6.29. The number of halogens is 2. The van der Waals surface area contributed by atoms with Crippen molar-refractivity contribution in [1.29, 1.82) is 5.26 Å². The average Bonchev–Trinajstić information content (AvgIpc) is 2.81. The zero-order valence-electron chi connectivity index (χ0n) is 9.60. The Hall–Kier alpha value is -2.39. The molecule has 1 heterocycles. The van der Waals surface area contributed by atoms with E-state index in [1.807, 2.05) is 6.07 Å². The molecular formula is C12H8ClFN4O. The Bertz CT molecular complexity index is 662. The van der Waals surface area contributed by atoms with E-state index in [4.69, 9.17) is 16.9 Å². The lowest BCUT2D eigenvalue weighted by molar-refractivity contribution is -0.114. The third-order valence-electron chi connectivity index (χ3n) is 2.27. The number of hydrogen-bond donors (Lipinski definition) is 1. The molecular weight excluding hydrogens is 271 g/mol. The minimum absolute atomic E-state index is 0.106. The molecule has 1 amide bonds. The first kappa shape index (κ1) is 13.1. The van der Waals surface area contributed by atoms with E-state index in [1.54, 1.807) is 6.07 Å². The molecule has 7 heteroatoms. The van der Waals surface area contributed by atoms with Crippen molar-refractivity contribution in [3.63, 3.8) is 0 Å². The summed E-state index contributed by atoms with van der Waals surface area (Å²) in [5.74, 6) is -0.853. The molecule has 0 fully saturated rings. The average molecular weight is 279 g/mol. The Balaban J connectivity index is 2.47. The standard InChI is InChI=1S/C12H8ClFN4O/c13-6-12(19)16-11-5-9(7-15)17-18(11)10-3-1-2-8(14)4-10/h1-5H,6H2,(H,16,19). The molecule has 0 aliphatic rings. The number of carbonyl (C=O) groups is 1. The summed E-state index contributed by atoms with van der Waals surface area (Å²) in [7, 11) is 0. The van der Waals surface area contributed by atoms with Crippen LogP contribution >= 0.6 is 11.6 Å². The predicted octanol–water partition coefficient (Wildman–Crippen LogP) is 2.06. The summed E-state index contributed by atoms with van der Waals surface area (Å²) in [5, 5.41) is 15.3. The maximum Gasteiger partial charge on any atom is 0.240 e. The summed E-state index contributed by atoms with van der Waals surface area (Å²) in [6.45, 7) is 0. The maximum absolute atomic E-state index is 13.2. The van der Waals surface area contributed by atoms with Crippen molar-refractivity contribution in [3.05, 3.63) is 41.8 Å². The molecule has 0 unspecified atom stereocenters. The first-order chi connectivity index (χ1) is 9.13. The van der Waals surface area contributed by atoms with Crippen molar-refractivity contribution in [2.45, 2.75) is 0 Å². The zero-order valence-corrected chi connectivity index (χ0v) is 10.4. The highest BCUT2D eigenvalue weighted by Crippen LogP contribution is 2.18. The fraction of sp³-hybridized carbons (Fsp3) is 0.0833. The van der Waals surface area contributed by atoms with Gasteiger partial charge in [0.1, 0.15) is 23.6 Å². The van der Waals surface area contributed by atoms with E-state index in [0.29, 0.717) is 5.69 Å². The van der Waals surface area contributed by atoms with Gasteiger partial charge in [0.05, 0.1) is 5.69 Å². The summed E-state index contributed by atoms with van der Waals surface area (Å²) >= 11 is 5.40. The molecule has 1 N–H and O–H groups in total. The van der Waals surface area contributed by atoms with Crippen molar-refractivity contribution in [3.8, 4) is 11.8 Å². The van der Waals surface area contributed by atoms with Crippen LogP contribution in [0.1, 0.15) is 5.69 Å². The molecule has 96 valence electrons. The molecule has 0 saturated carbocycles. The van der Waals surface area contributed by atoms with Crippen molar-refractivity contribution < 1.29 is 9.18 Å². The van der Waals surface area contributed by atoms with E-state index in [0.717, 1.165) is 0 Å². The first-order valence-corrected chi connectivity index (χ1v) is 5.79. The molecule has 1 aromatic heterocycles. The molecule has 0 spiro atoms. The van der Waals surface area contributed by atoms with E-state index in [1.165, 1.54) is 28.9 Å². The van der Waals surface area contributed by atoms with Gasteiger partial charge in [-0.1, -0.05) is 6.07 Å². The van der Waals surface area contributed by atoms with E-state index in [-0.39, 0.29) is 17.4 Å². The maximum atomic E-state index is 13.2. The number of hydrogen-bond acceptors (Lipinski definition) is 3. The Labute approximate surface area is 113 Å². The van der Waals surface area contributed by atoms with Crippen LogP contribution in [-0.2, 0) is 4.79 Å². The highest BCUT2D eigenvalue weighted by atomic mass is 35.5. The monoisotopic (exact) mass is 278 g/mol. The topological polar surface area (TPSA) is 70.7 Å². The van der Waals surface area contributed by atoms with Crippen LogP contribution in [0.5, 0.6) is 0 Å². The molecule has 19 heavy (non-hydrogen) atoms. The van der Waals surface area contributed by atoms with Crippen LogP contribution in [0, 0.1) is 17.1 Å². The fourth-order valence-electron chi connectivity index (χ4n) is 1.51. The Morgan fingerprint density at radius 1 is 1.53 bits per heavy atom. The van der Waals surface area contributed by atoms with Crippen LogP contribution in [0.3, 0.4) is 0 Å². The van der Waals surface area contributed by atoms with Crippen molar-refractivity contribution in [2.75, 3.05) is 11.2 Å². The van der Waals surface area contributed by atoms with Gasteiger partial charge in [-0.3, -0.25) is 4.79 Å². The van der Waals surface area contributed by atoms with Gasteiger partial charge in [-0.25, -0.2) is 9.07 Å². The van der Waals surface area contributed by atoms with Crippen LogP contribution < -0.4 is 5.32 Å². The molecule has 1 aromatic carbocycles. The van der Waals surface area contributed by atoms with Crippen molar-refractivity contribution in [2.24, 2.45) is 0 Å². The summed E-state index contributed by atoms with van der Waals surface area (Å²) in [6, 6.07) is 8.88. The van der Waals surface area contributed by atoms with Gasteiger partial charge in [0.15, 0.2) is 5.69 Å². The predicted molar refractivity (Wildman–Crippen MR) is 67.6 cm³/mol. The van der Waals surface area contributed by atoms with Crippen molar-refractivity contribution in [1.82, 2.24) is 9.78 Å². The van der Waals surface area contributed by atoms with Crippen molar-refractivity contribution >= 4 is 23.3 Å². The minimum Gasteiger partial charge on any atom is -0.310 e. The Morgan fingerprint density at radius 3 is 2.95 bits per heavy atom. The summed E-state index contributed by atoms with van der Waals surface area (Å²) in [6.07, 6.45) is 0. The van der Waals surface area contributed by atoms with E-state index in [2.05, 4.69) is 10.4 Å². The molecule has 0 atom stereocenters. The summed E-state index contributed by atoms with van der Waals surface area (Å²) in [4.78, 5) is 11.3. The van der Waals surface area contributed by atoms with Crippen LogP contribution in [0.4, 0.5) is 10.2 Å². The number of carbonyl (C=O) groups excluding carboxylic acids is 1. The van der Waals surface area contributed by atoms with Crippen LogP contribution in [0.2, 0.25) is 0 Å². The summed E-state index contributed by atoms with van der Waals surface area (Å²) < 4.78 is 14.5. The van der Waals surface area contributed by atoms with Gasteiger partial charge in [0.25, 0.3) is 0 Å². The lowest BCUT2D eigenvalue weighted by Gasteiger charge is -2.07. The number of amides is 1. The molecule has 2 rings (SSSR count). The lowest BCUT2D eigenvalue weighted by Crippen LogP contribution is -2.15. The van der Waals surface area contributed by atoms with E-state index in [9.17, 15) is 9.18 Å². The molecule has 0 radical (unpaired) electrons. The van der Waals surface area contributed by atoms with Crippen LogP contribution in [0.25, 0.3) is 5.69 Å². The van der Waals surface area contributed by atoms with Gasteiger partial charge in [-0.15, -0.1) is 11.6 Å². The fourth-order valence-corrected chi connectivity index (χ4v) is 1.57. The third-order valence-corrected chi connectivity index (χ3v) is 2.51. The van der Waals surface area contributed by atoms with E-state index >= 15 is 0 Å². The van der Waals surface area contributed by atoms with Crippen LogP contribution in [0.15, 0.2) is 30.3 Å². The third kappa shape index (κ3) is 2.89. The van der Waals surface area contributed by atoms with E-state index < -0.39 is 11.7 Å². The SMILES string of the molecule is N#Cc1cc(NC(=O)CCl)n(-c2cccc(F)c2)n1. The second kappa shape index (κ2) is 5.50. The number of nitrogens with one attached hydrogen (secondary N) is 1. The Morgan fingerprint density at radius 2 is 2.32 bits per heavy atom. The summed E-state index contributed by atoms with van der Waals surface area (Å²) in [5.41, 5.74) is 0.500. The Kier molecular flexibility index (Phi) is 3.78. The normalized spacial score (nSPS) is 9.95. The second-order valence-corrected chi connectivity index (χ2v) is 3.87. The number of aromatic nitrogens is 2. The molecule has 0 bridgehead atoms. The van der Waals surface area contributed by atoms with Crippen LogP contribution in [-0.4, -0.2) is 21.6 Å². The van der Waals surface area contributed by atoms with Gasteiger partial charge in [0.2, 0.25) is 5.91 Å². The van der Waals surface area contributed by atoms with Gasteiger partial charge in [-0.05, 0) is 18.2 Å². The quantitative estimate of drug-likeness (QED) is 0.874.